The smallest absolute Gasteiger partial charge is 0.317 e. The van der Waals surface area contributed by atoms with Crippen LogP contribution in [0, 0.1) is 12.3 Å². The standard InChI is InChI=1S/C14H20N2O3/c1-3-16-11(8-10(2)15-16)9-14(13(18)19)7-5-4-6-12(14)17/h8H,3-7,9H2,1-2H3,(H,18,19). The Hall–Kier alpha value is -1.65. The zero-order valence-electron chi connectivity index (χ0n) is 11.5. The van der Waals surface area contributed by atoms with E-state index in [1.54, 1.807) is 4.68 Å². The molecule has 0 bridgehead atoms. The van der Waals surface area contributed by atoms with Crippen molar-refractivity contribution in [3.63, 3.8) is 0 Å². The fourth-order valence-electron chi connectivity index (χ4n) is 2.90. The van der Waals surface area contributed by atoms with Gasteiger partial charge in [-0.25, -0.2) is 0 Å². The molecule has 19 heavy (non-hydrogen) atoms. The minimum absolute atomic E-state index is 0.132. The van der Waals surface area contributed by atoms with Crippen LogP contribution in [0.5, 0.6) is 0 Å². The molecule has 0 amide bonds. The van der Waals surface area contributed by atoms with E-state index < -0.39 is 11.4 Å². The molecule has 104 valence electrons. The van der Waals surface area contributed by atoms with Crippen LogP contribution in [-0.4, -0.2) is 26.6 Å². The Morgan fingerprint density at radius 1 is 1.53 bits per heavy atom. The molecular weight excluding hydrogens is 244 g/mol. The fraction of sp³-hybridized carbons (Fsp3) is 0.643. The second kappa shape index (κ2) is 5.15. The summed E-state index contributed by atoms with van der Waals surface area (Å²) in [6, 6.07) is 1.88. The summed E-state index contributed by atoms with van der Waals surface area (Å²) in [5, 5.41) is 13.9. The SMILES string of the molecule is CCn1nc(C)cc1CC1(C(=O)O)CCCCC1=O. The average molecular weight is 264 g/mol. The molecule has 1 aliphatic carbocycles. The molecule has 1 N–H and O–H groups in total. The molecule has 0 radical (unpaired) electrons. The highest BCUT2D eigenvalue weighted by Gasteiger charge is 2.47. The maximum absolute atomic E-state index is 12.2. The molecule has 0 aromatic carbocycles. The summed E-state index contributed by atoms with van der Waals surface area (Å²) in [5.74, 6) is -1.12. The number of Topliss-reactive ketones (excluding diaryl/α,β-unsaturated/α-hetero) is 1. The Kier molecular flexibility index (Phi) is 3.73. The van der Waals surface area contributed by atoms with Crippen molar-refractivity contribution in [2.75, 3.05) is 0 Å². The van der Waals surface area contributed by atoms with Crippen molar-refractivity contribution >= 4 is 11.8 Å². The zero-order valence-corrected chi connectivity index (χ0v) is 11.5. The van der Waals surface area contributed by atoms with E-state index >= 15 is 0 Å². The van der Waals surface area contributed by atoms with E-state index in [-0.39, 0.29) is 12.2 Å². The lowest BCUT2D eigenvalue weighted by Gasteiger charge is -2.31. The van der Waals surface area contributed by atoms with E-state index in [0.29, 0.717) is 19.4 Å². The van der Waals surface area contributed by atoms with E-state index in [4.69, 9.17) is 0 Å². The highest BCUT2D eigenvalue weighted by atomic mass is 16.4. The first kappa shape index (κ1) is 13.8. The number of aryl methyl sites for hydroxylation is 2. The highest BCUT2D eigenvalue weighted by molar-refractivity contribution is 6.03. The van der Waals surface area contributed by atoms with Crippen LogP contribution in [0.25, 0.3) is 0 Å². The molecule has 1 saturated carbocycles. The molecule has 1 aliphatic rings. The van der Waals surface area contributed by atoms with E-state index in [0.717, 1.165) is 24.2 Å². The van der Waals surface area contributed by atoms with Crippen LogP contribution in [0.15, 0.2) is 6.07 Å². The van der Waals surface area contributed by atoms with Crippen LogP contribution in [0.1, 0.15) is 44.0 Å². The first-order valence-electron chi connectivity index (χ1n) is 6.79. The lowest BCUT2D eigenvalue weighted by molar-refractivity contribution is -0.157. The van der Waals surface area contributed by atoms with Gasteiger partial charge in [-0.1, -0.05) is 6.42 Å². The number of hydrogen-bond donors (Lipinski definition) is 1. The molecular formula is C14H20N2O3. The molecule has 0 aliphatic heterocycles. The third-order valence-electron chi connectivity index (χ3n) is 3.97. The first-order valence-corrected chi connectivity index (χ1v) is 6.79. The Bertz CT molecular complexity index is 507. The molecule has 2 rings (SSSR count). The van der Waals surface area contributed by atoms with Gasteiger partial charge >= 0.3 is 5.97 Å². The van der Waals surface area contributed by atoms with Gasteiger partial charge in [0.2, 0.25) is 0 Å². The quantitative estimate of drug-likeness (QED) is 0.844. The molecule has 1 aromatic rings. The Morgan fingerprint density at radius 2 is 2.26 bits per heavy atom. The van der Waals surface area contributed by atoms with Gasteiger partial charge in [0.05, 0.1) is 5.69 Å². The molecule has 1 heterocycles. The summed E-state index contributed by atoms with van der Waals surface area (Å²) in [7, 11) is 0. The van der Waals surface area contributed by atoms with Gasteiger partial charge in [0, 0.05) is 25.1 Å². The van der Waals surface area contributed by atoms with Gasteiger partial charge < -0.3 is 5.11 Å². The monoisotopic (exact) mass is 264 g/mol. The van der Waals surface area contributed by atoms with Gasteiger partial charge in [0.15, 0.2) is 5.78 Å². The largest absolute Gasteiger partial charge is 0.480 e. The summed E-state index contributed by atoms with van der Waals surface area (Å²) in [6.45, 7) is 4.53. The van der Waals surface area contributed by atoms with Crippen molar-refractivity contribution in [2.45, 2.75) is 52.5 Å². The zero-order chi connectivity index (χ0) is 14.0. The number of aliphatic carboxylic acids is 1. The maximum Gasteiger partial charge on any atom is 0.317 e. The molecule has 1 fully saturated rings. The second-order valence-electron chi connectivity index (χ2n) is 5.29. The number of rotatable bonds is 4. The molecule has 0 spiro atoms. The van der Waals surface area contributed by atoms with E-state index in [1.807, 2.05) is 19.9 Å². The van der Waals surface area contributed by atoms with Gasteiger partial charge in [-0.3, -0.25) is 14.3 Å². The summed E-state index contributed by atoms with van der Waals surface area (Å²) in [6.07, 6.45) is 2.69. The van der Waals surface area contributed by atoms with Crippen LogP contribution < -0.4 is 0 Å². The van der Waals surface area contributed by atoms with Crippen molar-refractivity contribution in [1.82, 2.24) is 9.78 Å². The summed E-state index contributed by atoms with van der Waals surface area (Å²) in [5.41, 5.74) is 0.468. The van der Waals surface area contributed by atoms with Crippen molar-refractivity contribution < 1.29 is 14.7 Å². The molecule has 1 unspecified atom stereocenters. The van der Waals surface area contributed by atoms with Gasteiger partial charge in [-0.15, -0.1) is 0 Å². The predicted molar refractivity (Wildman–Crippen MR) is 69.9 cm³/mol. The predicted octanol–water partition coefficient (Wildman–Crippen LogP) is 1.97. The van der Waals surface area contributed by atoms with Crippen molar-refractivity contribution in [3.05, 3.63) is 17.5 Å². The van der Waals surface area contributed by atoms with Crippen LogP contribution >= 0.6 is 0 Å². The van der Waals surface area contributed by atoms with Crippen molar-refractivity contribution in [1.29, 1.82) is 0 Å². The Labute approximate surface area is 112 Å². The summed E-state index contributed by atoms with van der Waals surface area (Å²) >= 11 is 0. The number of carbonyl (C=O) groups excluding carboxylic acids is 1. The summed E-state index contributed by atoms with van der Waals surface area (Å²) < 4.78 is 1.79. The number of hydrogen-bond acceptors (Lipinski definition) is 3. The van der Waals surface area contributed by atoms with Crippen LogP contribution in [0.3, 0.4) is 0 Å². The van der Waals surface area contributed by atoms with E-state index in [2.05, 4.69) is 5.10 Å². The lowest BCUT2D eigenvalue weighted by Crippen LogP contribution is -2.44. The number of ketones is 1. The topological polar surface area (TPSA) is 72.2 Å². The lowest BCUT2D eigenvalue weighted by atomic mass is 9.70. The molecule has 5 heteroatoms. The van der Waals surface area contributed by atoms with Crippen LogP contribution in [0.4, 0.5) is 0 Å². The molecule has 0 saturated heterocycles. The van der Waals surface area contributed by atoms with E-state index in [9.17, 15) is 14.7 Å². The van der Waals surface area contributed by atoms with Crippen molar-refractivity contribution in [2.24, 2.45) is 5.41 Å². The number of aromatic nitrogens is 2. The van der Waals surface area contributed by atoms with Gasteiger partial charge in [-0.05, 0) is 32.8 Å². The number of carbonyl (C=O) groups is 2. The Balaban J connectivity index is 2.35. The second-order valence-corrected chi connectivity index (χ2v) is 5.29. The normalized spacial score (nSPS) is 23.6. The van der Waals surface area contributed by atoms with Crippen LogP contribution in [0.2, 0.25) is 0 Å². The van der Waals surface area contributed by atoms with Gasteiger partial charge in [0.1, 0.15) is 5.41 Å². The highest BCUT2D eigenvalue weighted by Crippen LogP contribution is 2.37. The summed E-state index contributed by atoms with van der Waals surface area (Å²) in [4.78, 5) is 23.8. The fourth-order valence-corrected chi connectivity index (χ4v) is 2.90. The number of carboxylic acid groups (broad SMARTS) is 1. The minimum Gasteiger partial charge on any atom is -0.480 e. The molecule has 1 aromatic heterocycles. The average Bonchev–Trinajstić information content (AvgIpc) is 2.72. The third kappa shape index (κ3) is 2.41. The molecule has 1 atom stereocenters. The number of carboxylic acids is 1. The molecule has 5 nitrogen and oxygen atoms in total. The van der Waals surface area contributed by atoms with Gasteiger partial charge in [-0.2, -0.15) is 5.10 Å². The third-order valence-corrected chi connectivity index (χ3v) is 3.97. The Morgan fingerprint density at radius 3 is 2.84 bits per heavy atom. The maximum atomic E-state index is 12.2. The first-order chi connectivity index (χ1) is 8.99. The van der Waals surface area contributed by atoms with Crippen LogP contribution in [-0.2, 0) is 22.6 Å². The van der Waals surface area contributed by atoms with Crippen molar-refractivity contribution in [3.8, 4) is 0 Å². The van der Waals surface area contributed by atoms with Gasteiger partial charge in [0.25, 0.3) is 0 Å². The minimum atomic E-state index is -1.24. The number of nitrogens with zero attached hydrogens (tertiary/aromatic N) is 2. The van der Waals surface area contributed by atoms with E-state index in [1.165, 1.54) is 0 Å².